The Bertz CT molecular complexity index is 1580. The van der Waals surface area contributed by atoms with Crippen LogP contribution in [0.5, 0.6) is 11.5 Å². The lowest BCUT2D eigenvalue weighted by Crippen LogP contribution is -2.46. The lowest BCUT2D eigenvalue weighted by molar-refractivity contribution is -0.148. The summed E-state index contributed by atoms with van der Waals surface area (Å²) in [6, 6.07) is 15.5. The predicted molar refractivity (Wildman–Crippen MR) is 175 cm³/mol. The normalized spacial score (nSPS) is 19.5. The zero-order valence-electron chi connectivity index (χ0n) is 27.9. The van der Waals surface area contributed by atoms with Gasteiger partial charge in [0.05, 0.1) is 37.4 Å². The molecule has 1 aromatic heterocycles. The molecule has 46 heavy (non-hydrogen) atoms. The summed E-state index contributed by atoms with van der Waals surface area (Å²) in [5.74, 6) is 1.32. The molecule has 0 unspecified atom stereocenters. The average Bonchev–Trinajstić information content (AvgIpc) is 3.36. The number of benzene rings is 2. The Labute approximate surface area is 271 Å². The number of rotatable bonds is 9. The fourth-order valence-corrected chi connectivity index (χ4v) is 6.35. The van der Waals surface area contributed by atoms with Crippen molar-refractivity contribution in [1.29, 1.82) is 0 Å². The van der Waals surface area contributed by atoms with Crippen LogP contribution in [0, 0.1) is 12.3 Å². The van der Waals surface area contributed by atoms with Crippen LogP contribution in [0.1, 0.15) is 56.4 Å². The number of hydrogen-bond donors (Lipinski definition) is 1. The van der Waals surface area contributed by atoms with Crippen LogP contribution >= 0.6 is 0 Å². The van der Waals surface area contributed by atoms with Crippen molar-refractivity contribution in [3.63, 3.8) is 0 Å². The van der Waals surface area contributed by atoms with Crippen LogP contribution in [0.25, 0.3) is 11.3 Å². The zero-order chi connectivity index (χ0) is 33.2. The lowest BCUT2D eigenvalue weighted by Gasteiger charge is -2.32. The molecule has 1 fully saturated rings. The molecule has 3 aromatic rings. The highest BCUT2D eigenvalue weighted by Crippen LogP contribution is 2.41. The van der Waals surface area contributed by atoms with E-state index >= 15 is 0 Å². The number of methoxy groups -OCH3 is 2. The van der Waals surface area contributed by atoms with Gasteiger partial charge in [-0.15, -0.1) is 0 Å². The molecule has 0 radical (unpaired) electrons. The van der Waals surface area contributed by atoms with E-state index in [-0.39, 0.29) is 18.7 Å². The van der Waals surface area contributed by atoms with Gasteiger partial charge in [0.25, 0.3) is 0 Å². The molecule has 0 aliphatic carbocycles. The number of carbonyl (C=O) groups excluding carboxylic acids is 1. The molecule has 2 aliphatic heterocycles. The molecule has 1 saturated heterocycles. The Kier molecular flexibility index (Phi) is 9.49. The molecule has 5 rings (SSSR count). The number of aromatic nitrogens is 1. The number of anilines is 1. The molecule has 1 amide bonds. The van der Waals surface area contributed by atoms with Crippen LogP contribution in [0.2, 0.25) is 0 Å². The van der Waals surface area contributed by atoms with Crippen LogP contribution in [0.3, 0.4) is 0 Å². The van der Waals surface area contributed by atoms with E-state index in [0.717, 1.165) is 39.3 Å². The number of pyridine rings is 1. The minimum absolute atomic E-state index is 0.288. The quantitative estimate of drug-likeness (QED) is 0.293. The molecule has 0 spiro atoms. The number of aryl methyl sites for hydroxylation is 1. The van der Waals surface area contributed by atoms with Gasteiger partial charge in [0.15, 0.2) is 0 Å². The van der Waals surface area contributed by atoms with Crippen LogP contribution in [0.4, 0.5) is 10.6 Å². The fourth-order valence-electron chi connectivity index (χ4n) is 6.35. The summed E-state index contributed by atoms with van der Waals surface area (Å²) in [6.07, 6.45) is 0.865. The largest absolute Gasteiger partial charge is 0.496 e. The highest BCUT2D eigenvalue weighted by Gasteiger charge is 2.50. The molecular formula is C36H45N3O7. The highest BCUT2D eigenvalue weighted by molar-refractivity contribution is 5.78. The van der Waals surface area contributed by atoms with E-state index in [9.17, 15) is 14.7 Å². The number of carboxylic acids is 1. The maximum atomic E-state index is 12.7. The molecule has 2 aliphatic rings. The Hall–Kier alpha value is -4.31. The van der Waals surface area contributed by atoms with Gasteiger partial charge in [0.2, 0.25) is 0 Å². The van der Waals surface area contributed by atoms with Crippen molar-refractivity contribution in [2.75, 3.05) is 38.8 Å². The Balaban J connectivity index is 1.38. The van der Waals surface area contributed by atoms with E-state index in [1.807, 2.05) is 75.1 Å². The van der Waals surface area contributed by atoms with Gasteiger partial charge in [-0.2, -0.15) is 0 Å². The number of aliphatic carboxylic acids is 1. The van der Waals surface area contributed by atoms with E-state index < -0.39 is 17.0 Å². The summed E-state index contributed by atoms with van der Waals surface area (Å²) >= 11 is 0. The molecule has 0 bridgehead atoms. The second-order valence-electron chi connectivity index (χ2n) is 13.3. The smallest absolute Gasteiger partial charge is 0.410 e. The van der Waals surface area contributed by atoms with Gasteiger partial charge >= 0.3 is 12.1 Å². The minimum Gasteiger partial charge on any atom is -0.496 e. The van der Waals surface area contributed by atoms with Crippen LogP contribution < -0.4 is 14.4 Å². The Morgan fingerprint density at radius 2 is 1.85 bits per heavy atom. The van der Waals surface area contributed by atoms with Gasteiger partial charge < -0.3 is 33.9 Å². The van der Waals surface area contributed by atoms with Crippen LogP contribution in [0.15, 0.2) is 48.5 Å². The van der Waals surface area contributed by atoms with Crippen LogP contribution in [-0.2, 0) is 33.8 Å². The first-order valence-electron chi connectivity index (χ1n) is 15.7. The van der Waals surface area contributed by atoms with Gasteiger partial charge in [0.1, 0.15) is 29.5 Å². The highest BCUT2D eigenvalue weighted by atomic mass is 16.6. The van der Waals surface area contributed by atoms with Crippen molar-refractivity contribution in [3.8, 4) is 22.8 Å². The van der Waals surface area contributed by atoms with Crippen molar-refractivity contribution >= 4 is 17.9 Å². The van der Waals surface area contributed by atoms with Gasteiger partial charge in [-0.05, 0) is 88.4 Å². The molecule has 246 valence electrons. The SMILES string of the molecule is COC[C@H]1N(c2cccc(-c3cccc(C)c3OCc3cc4c(c(OC)c3)CN(C(=O)OC(C)(C)C)CC4)n2)CC[C@@]1(C)C(=O)O. The molecule has 2 atom stereocenters. The number of amides is 1. The van der Waals surface area contributed by atoms with E-state index in [1.165, 1.54) is 0 Å². The second-order valence-corrected chi connectivity index (χ2v) is 13.3. The summed E-state index contributed by atoms with van der Waals surface area (Å²) in [5.41, 5.74) is 4.13. The van der Waals surface area contributed by atoms with Gasteiger partial charge in [-0.1, -0.05) is 24.3 Å². The molecule has 2 aromatic carbocycles. The van der Waals surface area contributed by atoms with Crippen molar-refractivity contribution in [1.82, 2.24) is 9.88 Å². The maximum absolute atomic E-state index is 12.7. The van der Waals surface area contributed by atoms with Crippen molar-refractivity contribution < 1.29 is 33.6 Å². The van der Waals surface area contributed by atoms with E-state index in [4.69, 9.17) is 23.9 Å². The third kappa shape index (κ3) is 6.77. The Morgan fingerprint density at radius 3 is 2.54 bits per heavy atom. The van der Waals surface area contributed by atoms with E-state index in [1.54, 1.807) is 26.0 Å². The molecule has 0 saturated carbocycles. The number of hydrogen-bond acceptors (Lipinski definition) is 8. The van der Waals surface area contributed by atoms with Crippen LogP contribution in [-0.4, -0.2) is 72.6 Å². The van der Waals surface area contributed by atoms with Crippen molar-refractivity contribution in [2.45, 2.75) is 72.3 Å². The predicted octanol–water partition coefficient (Wildman–Crippen LogP) is 6.25. The molecular weight excluding hydrogens is 586 g/mol. The molecule has 3 heterocycles. The monoisotopic (exact) mass is 631 g/mol. The maximum Gasteiger partial charge on any atom is 0.410 e. The van der Waals surface area contributed by atoms with Gasteiger partial charge in [-0.25, -0.2) is 9.78 Å². The van der Waals surface area contributed by atoms with Gasteiger partial charge in [0, 0.05) is 31.3 Å². The standard InChI is InChI=1S/C36H45N3O7/c1-23-10-8-11-26(28-12-9-13-31(37-28)39-17-15-36(5,33(40)41)30(39)22-43-6)32(23)45-21-24-18-25-14-16-38(34(42)46-35(2,3)4)20-27(25)29(19-24)44-7/h8-13,18-19,30H,14-17,20-22H2,1-7H3,(H,40,41)/t30-,36-/m1/s1. The van der Waals surface area contributed by atoms with E-state index in [0.29, 0.717) is 50.7 Å². The summed E-state index contributed by atoms with van der Waals surface area (Å²) in [5, 5.41) is 10.0. The second kappa shape index (κ2) is 13.2. The molecule has 10 heteroatoms. The topological polar surface area (TPSA) is 111 Å². The zero-order valence-corrected chi connectivity index (χ0v) is 27.9. The molecule has 10 nitrogen and oxygen atoms in total. The number of fused-ring (bicyclic) bond motifs is 1. The summed E-state index contributed by atoms with van der Waals surface area (Å²) in [6.45, 7) is 11.5. The number of nitrogens with zero attached hydrogens (tertiary/aromatic N) is 3. The molecule has 1 N–H and O–H groups in total. The average molecular weight is 632 g/mol. The first-order valence-corrected chi connectivity index (χ1v) is 15.7. The lowest BCUT2D eigenvalue weighted by atomic mass is 9.83. The first kappa shape index (κ1) is 33.1. The number of para-hydroxylation sites is 1. The number of ether oxygens (including phenoxy) is 4. The fraction of sp³-hybridized carbons (Fsp3) is 0.472. The minimum atomic E-state index is -0.935. The summed E-state index contributed by atoms with van der Waals surface area (Å²) < 4.78 is 23.3. The van der Waals surface area contributed by atoms with E-state index in [2.05, 4.69) is 6.07 Å². The Morgan fingerprint density at radius 1 is 1.09 bits per heavy atom. The summed E-state index contributed by atoms with van der Waals surface area (Å²) in [7, 11) is 3.23. The first-order chi connectivity index (χ1) is 21.8. The van der Waals surface area contributed by atoms with Gasteiger partial charge in [-0.3, -0.25) is 4.79 Å². The number of carbonyl (C=O) groups is 2. The number of carboxylic acid groups (broad SMARTS) is 1. The third-order valence-corrected chi connectivity index (χ3v) is 8.93. The third-order valence-electron chi connectivity index (χ3n) is 8.93. The van der Waals surface area contributed by atoms with Crippen molar-refractivity contribution in [2.24, 2.45) is 5.41 Å². The summed E-state index contributed by atoms with van der Waals surface area (Å²) in [4.78, 5) is 33.7. The van der Waals surface area contributed by atoms with Crippen molar-refractivity contribution in [3.05, 3.63) is 70.8 Å².